The van der Waals surface area contributed by atoms with Crippen LogP contribution in [0.3, 0.4) is 0 Å². The van der Waals surface area contributed by atoms with Crippen molar-refractivity contribution >= 4 is 35.3 Å². The van der Waals surface area contributed by atoms with Gasteiger partial charge in [0.05, 0.1) is 39.8 Å². The van der Waals surface area contributed by atoms with Crippen LogP contribution in [0.5, 0.6) is 28.7 Å². The van der Waals surface area contributed by atoms with Crippen LogP contribution in [0, 0.1) is 0 Å². The first kappa shape index (κ1) is 28.4. The fourth-order valence-electron chi connectivity index (χ4n) is 4.02. The van der Waals surface area contributed by atoms with Crippen LogP contribution >= 0.6 is 11.8 Å². The van der Waals surface area contributed by atoms with Crippen molar-refractivity contribution in [2.24, 2.45) is 0 Å². The minimum absolute atomic E-state index is 0.326. The van der Waals surface area contributed by atoms with Crippen LogP contribution in [0.15, 0.2) is 96.4 Å². The molecule has 8 heteroatoms. The van der Waals surface area contributed by atoms with Gasteiger partial charge < -0.3 is 23.7 Å². The Bertz CT molecular complexity index is 1380. The second-order valence-corrected chi connectivity index (χ2v) is 9.33. The van der Waals surface area contributed by atoms with Crippen LogP contribution in [0.2, 0.25) is 0 Å². The Labute approximate surface area is 238 Å². The zero-order valence-corrected chi connectivity index (χ0v) is 23.6. The highest BCUT2D eigenvalue weighted by Crippen LogP contribution is 2.39. The van der Waals surface area contributed by atoms with Crippen LogP contribution < -0.4 is 28.6 Å². The van der Waals surface area contributed by atoms with Gasteiger partial charge in [0.15, 0.2) is 23.0 Å². The van der Waals surface area contributed by atoms with Gasteiger partial charge in [-0.05, 0) is 71.1 Å². The Hall–Kier alpha value is -4.56. The van der Waals surface area contributed by atoms with E-state index in [1.807, 2.05) is 96.4 Å². The predicted octanol–water partition coefficient (Wildman–Crippen LogP) is 7.96. The molecule has 4 aromatic rings. The lowest BCUT2D eigenvalue weighted by atomic mass is 10.2. The maximum Gasteiger partial charge on any atom is 0.424 e. The quantitative estimate of drug-likeness (QED) is 0.185. The molecule has 7 nitrogen and oxygen atoms in total. The van der Waals surface area contributed by atoms with Crippen molar-refractivity contribution in [1.29, 1.82) is 0 Å². The molecule has 0 N–H and O–H groups in total. The zero-order valence-electron chi connectivity index (χ0n) is 22.8. The minimum Gasteiger partial charge on any atom is -0.493 e. The number of thioether (sulfide) groups is 1. The molecule has 0 aliphatic heterocycles. The lowest BCUT2D eigenvalue weighted by Gasteiger charge is -2.22. The van der Waals surface area contributed by atoms with Gasteiger partial charge in [-0.2, -0.15) is 0 Å². The number of carbonyl (C=O) groups excluding carboxylic acids is 1. The van der Waals surface area contributed by atoms with Crippen LogP contribution in [0.4, 0.5) is 16.2 Å². The van der Waals surface area contributed by atoms with Crippen molar-refractivity contribution in [2.45, 2.75) is 5.75 Å². The number of rotatable bonds is 11. The van der Waals surface area contributed by atoms with E-state index >= 15 is 0 Å². The number of carbonyl (C=O) groups is 1. The van der Waals surface area contributed by atoms with Gasteiger partial charge in [0.2, 0.25) is 5.75 Å². The van der Waals surface area contributed by atoms with Gasteiger partial charge in [-0.1, -0.05) is 42.5 Å². The summed E-state index contributed by atoms with van der Waals surface area (Å²) in [6.45, 7) is 0. The van der Waals surface area contributed by atoms with Crippen molar-refractivity contribution in [3.05, 3.63) is 108 Å². The highest BCUT2D eigenvalue weighted by atomic mass is 32.2. The monoisotopic (exact) mass is 557 g/mol. The summed E-state index contributed by atoms with van der Waals surface area (Å²) < 4.78 is 27.6. The molecule has 40 heavy (non-hydrogen) atoms. The van der Waals surface area contributed by atoms with Gasteiger partial charge in [0, 0.05) is 5.75 Å². The van der Waals surface area contributed by atoms with Gasteiger partial charge in [-0.3, -0.25) is 0 Å². The van der Waals surface area contributed by atoms with Gasteiger partial charge in [-0.25, -0.2) is 9.69 Å². The molecule has 206 valence electrons. The number of amides is 1. The summed E-state index contributed by atoms with van der Waals surface area (Å²) in [6, 6.07) is 28.0. The molecular weight excluding hydrogens is 526 g/mol. The van der Waals surface area contributed by atoms with Crippen molar-refractivity contribution in [2.75, 3.05) is 33.3 Å². The smallest absolute Gasteiger partial charge is 0.424 e. The van der Waals surface area contributed by atoms with E-state index in [0.29, 0.717) is 45.9 Å². The average molecular weight is 558 g/mol. The Kier molecular flexibility index (Phi) is 9.96. The van der Waals surface area contributed by atoms with Crippen molar-refractivity contribution in [1.82, 2.24) is 0 Å². The lowest BCUT2D eigenvalue weighted by molar-refractivity contribution is 0.208. The number of nitrogens with zero attached hydrogens (tertiary/aromatic N) is 1. The molecule has 0 heterocycles. The molecule has 0 saturated carbocycles. The molecule has 0 aromatic heterocycles. The van der Waals surface area contributed by atoms with E-state index in [0.717, 1.165) is 11.1 Å². The Balaban J connectivity index is 1.46. The maximum atomic E-state index is 13.3. The molecular formula is C32H31NO6S. The number of anilines is 2. The average Bonchev–Trinajstić information content (AvgIpc) is 3.00. The second kappa shape index (κ2) is 14.0. The van der Waals surface area contributed by atoms with Gasteiger partial charge in [-0.15, -0.1) is 11.8 Å². The third kappa shape index (κ3) is 6.90. The van der Waals surface area contributed by atoms with Crippen molar-refractivity contribution in [3.63, 3.8) is 0 Å². The Morgan fingerprint density at radius 1 is 0.700 bits per heavy atom. The third-order valence-corrected chi connectivity index (χ3v) is 6.76. The van der Waals surface area contributed by atoms with Crippen LogP contribution in [-0.4, -0.2) is 34.5 Å². The summed E-state index contributed by atoms with van der Waals surface area (Å²) in [7, 11) is 6.33. The number of para-hydroxylation sites is 2. The van der Waals surface area contributed by atoms with Gasteiger partial charge in [0.25, 0.3) is 0 Å². The first-order valence-electron chi connectivity index (χ1n) is 12.4. The molecule has 0 aliphatic rings. The highest BCUT2D eigenvalue weighted by molar-refractivity contribution is 8.01. The number of hydrogen-bond acceptors (Lipinski definition) is 7. The lowest BCUT2D eigenvalue weighted by Crippen LogP contribution is -2.29. The fourth-order valence-corrected chi connectivity index (χ4v) is 4.72. The van der Waals surface area contributed by atoms with E-state index in [4.69, 9.17) is 23.7 Å². The van der Waals surface area contributed by atoms with E-state index < -0.39 is 6.09 Å². The molecule has 0 radical (unpaired) electrons. The standard InChI is InChI=1S/C32H31NO6S/c1-35-28-19-23(17-18-40-22-24-20-29(36-2)31(38-4)30(21-24)37-3)15-16-27(28)39-32(34)33(25-11-7-5-8-12-25)26-13-9-6-10-14-26/h5-21H,22H2,1-4H3/b18-17+. The molecule has 0 saturated heterocycles. The minimum atomic E-state index is -0.542. The molecule has 0 bridgehead atoms. The summed E-state index contributed by atoms with van der Waals surface area (Å²) in [5.74, 6) is 3.29. The zero-order chi connectivity index (χ0) is 28.3. The molecule has 0 unspecified atom stereocenters. The third-order valence-electron chi connectivity index (χ3n) is 5.93. The molecule has 0 atom stereocenters. The largest absolute Gasteiger partial charge is 0.493 e. The fraction of sp³-hybridized carbons (Fsp3) is 0.156. The van der Waals surface area contributed by atoms with E-state index in [-0.39, 0.29) is 0 Å². The molecule has 4 rings (SSSR count). The van der Waals surface area contributed by atoms with Crippen LogP contribution in [0.1, 0.15) is 11.1 Å². The van der Waals surface area contributed by atoms with Gasteiger partial charge >= 0.3 is 6.09 Å². The Morgan fingerprint density at radius 3 is 1.80 bits per heavy atom. The maximum absolute atomic E-state index is 13.3. The normalized spacial score (nSPS) is 10.7. The molecule has 0 spiro atoms. The number of benzene rings is 4. The summed E-state index contributed by atoms with van der Waals surface area (Å²) >= 11 is 1.62. The van der Waals surface area contributed by atoms with E-state index in [9.17, 15) is 4.79 Å². The van der Waals surface area contributed by atoms with Gasteiger partial charge in [0.1, 0.15) is 0 Å². The summed E-state index contributed by atoms with van der Waals surface area (Å²) in [5.41, 5.74) is 3.32. The summed E-state index contributed by atoms with van der Waals surface area (Å²) in [4.78, 5) is 14.9. The SMILES string of the molecule is COc1cc(/C=C/SCc2cc(OC)c(OC)c(OC)c2)ccc1OC(=O)N(c1ccccc1)c1ccccc1. The van der Waals surface area contributed by atoms with Crippen LogP contribution in [-0.2, 0) is 5.75 Å². The molecule has 0 aliphatic carbocycles. The molecule has 1 amide bonds. The Morgan fingerprint density at radius 2 is 1.27 bits per heavy atom. The summed E-state index contributed by atoms with van der Waals surface area (Å²) in [6.07, 6.45) is 1.43. The number of hydrogen-bond donors (Lipinski definition) is 0. The first-order chi connectivity index (χ1) is 19.6. The van der Waals surface area contributed by atoms with E-state index in [1.165, 1.54) is 4.90 Å². The van der Waals surface area contributed by atoms with E-state index in [1.54, 1.807) is 46.3 Å². The number of methoxy groups -OCH3 is 4. The van der Waals surface area contributed by atoms with Crippen molar-refractivity contribution in [3.8, 4) is 28.7 Å². The number of ether oxygens (including phenoxy) is 5. The van der Waals surface area contributed by atoms with Crippen LogP contribution in [0.25, 0.3) is 6.08 Å². The highest BCUT2D eigenvalue weighted by Gasteiger charge is 2.21. The molecule has 0 fully saturated rings. The molecule has 4 aromatic carbocycles. The predicted molar refractivity (Wildman–Crippen MR) is 160 cm³/mol. The summed E-state index contributed by atoms with van der Waals surface area (Å²) in [5, 5.41) is 2.00. The second-order valence-electron chi connectivity index (χ2n) is 8.43. The first-order valence-corrected chi connectivity index (χ1v) is 13.5. The van der Waals surface area contributed by atoms with E-state index in [2.05, 4.69) is 0 Å². The van der Waals surface area contributed by atoms with Crippen molar-refractivity contribution < 1.29 is 28.5 Å². The topological polar surface area (TPSA) is 66.5 Å².